The van der Waals surface area contributed by atoms with Crippen molar-refractivity contribution in [3.63, 3.8) is 0 Å². The van der Waals surface area contributed by atoms with E-state index >= 15 is 0 Å². The van der Waals surface area contributed by atoms with E-state index in [0.29, 0.717) is 13.0 Å². The standard InChI is InChI=1S/C12H19NO3S2/c14-7-4-10(11-5-8-17-9-11)3-6-13-18(15,16)12-1-2-12/h5,8-10,12-14H,1-4,6-7H2/t10-/m1/s1. The number of aliphatic hydroxyl groups excluding tert-OH is 1. The smallest absolute Gasteiger partial charge is 0.214 e. The Hall–Kier alpha value is -0.430. The first-order valence-corrected chi connectivity index (χ1v) is 8.74. The van der Waals surface area contributed by atoms with E-state index in [1.807, 2.05) is 11.4 Å². The van der Waals surface area contributed by atoms with Crippen LogP contribution in [0.1, 0.15) is 37.2 Å². The molecule has 1 aromatic heterocycles. The summed E-state index contributed by atoms with van der Waals surface area (Å²) >= 11 is 1.63. The molecule has 1 fully saturated rings. The van der Waals surface area contributed by atoms with E-state index < -0.39 is 10.0 Å². The topological polar surface area (TPSA) is 66.4 Å². The van der Waals surface area contributed by atoms with Gasteiger partial charge in [0.05, 0.1) is 5.25 Å². The first kappa shape index (κ1) is 14.0. The summed E-state index contributed by atoms with van der Waals surface area (Å²) < 4.78 is 26.0. The normalized spacial score (nSPS) is 17.8. The highest BCUT2D eigenvalue weighted by atomic mass is 32.2. The fourth-order valence-corrected chi connectivity index (χ4v) is 4.15. The van der Waals surface area contributed by atoms with Crippen molar-refractivity contribution in [2.45, 2.75) is 36.9 Å². The maximum atomic E-state index is 11.7. The molecule has 2 rings (SSSR count). The van der Waals surface area contributed by atoms with Gasteiger partial charge in [-0.25, -0.2) is 13.1 Å². The largest absolute Gasteiger partial charge is 0.396 e. The van der Waals surface area contributed by atoms with Crippen LogP contribution in [0.25, 0.3) is 0 Å². The zero-order chi connectivity index (χ0) is 13.0. The maximum absolute atomic E-state index is 11.7. The molecule has 1 atom stereocenters. The summed E-state index contributed by atoms with van der Waals surface area (Å²) in [6.07, 6.45) is 3.00. The van der Waals surface area contributed by atoms with Gasteiger partial charge in [0.2, 0.25) is 10.0 Å². The zero-order valence-electron chi connectivity index (χ0n) is 10.2. The number of hydrogen-bond acceptors (Lipinski definition) is 4. The second-order valence-electron chi connectivity index (χ2n) is 4.69. The molecule has 1 aliphatic carbocycles. The molecule has 2 N–H and O–H groups in total. The van der Waals surface area contributed by atoms with Crippen LogP contribution in [0.2, 0.25) is 0 Å². The van der Waals surface area contributed by atoms with Gasteiger partial charge in [0, 0.05) is 13.2 Å². The lowest BCUT2D eigenvalue weighted by Gasteiger charge is -2.15. The highest BCUT2D eigenvalue weighted by Crippen LogP contribution is 2.28. The monoisotopic (exact) mass is 289 g/mol. The first-order valence-electron chi connectivity index (χ1n) is 6.25. The number of sulfonamides is 1. The molecular formula is C12H19NO3S2. The van der Waals surface area contributed by atoms with Crippen molar-refractivity contribution in [3.05, 3.63) is 22.4 Å². The van der Waals surface area contributed by atoms with Gasteiger partial charge in [0.1, 0.15) is 0 Å². The SMILES string of the molecule is O=S(=O)(NCC[C@H](CCO)c1ccsc1)C1CC1. The zero-order valence-corrected chi connectivity index (χ0v) is 11.8. The van der Waals surface area contributed by atoms with Crippen LogP contribution in [0.4, 0.5) is 0 Å². The second kappa shape index (κ2) is 6.14. The summed E-state index contributed by atoms with van der Waals surface area (Å²) in [7, 11) is -3.08. The molecule has 1 heterocycles. The number of aliphatic hydroxyl groups is 1. The van der Waals surface area contributed by atoms with E-state index in [4.69, 9.17) is 5.11 Å². The third kappa shape index (κ3) is 3.78. The van der Waals surface area contributed by atoms with Crippen molar-refractivity contribution in [2.75, 3.05) is 13.2 Å². The highest BCUT2D eigenvalue weighted by molar-refractivity contribution is 7.90. The summed E-state index contributed by atoms with van der Waals surface area (Å²) in [5, 5.41) is 13.0. The molecule has 0 saturated heterocycles. The molecule has 1 saturated carbocycles. The van der Waals surface area contributed by atoms with Gasteiger partial charge < -0.3 is 5.11 Å². The Labute approximate surface area is 112 Å². The lowest BCUT2D eigenvalue weighted by molar-refractivity contribution is 0.273. The molecule has 1 aromatic rings. The summed E-state index contributed by atoms with van der Waals surface area (Å²) in [4.78, 5) is 0. The summed E-state index contributed by atoms with van der Waals surface area (Å²) in [6, 6.07) is 2.04. The Morgan fingerprint density at radius 2 is 2.22 bits per heavy atom. The first-order chi connectivity index (χ1) is 8.63. The van der Waals surface area contributed by atoms with Crippen LogP contribution < -0.4 is 4.72 Å². The molecule has 0 amide bonds. The molecule has 0 spiro atoms. The van der Waals surface area contributed by atoms with Crippen LogP contribution in [-0.4, -0.2) is 31.9 Å². The van der Waals surface area contributed by atoms with E-state index in [2.05, 4.69) is 10.1 Å². The third-order valence-electron chi connectivity index (χ3n) is 3.25. The number of thiophene rings is 1. The Bertz CT molecular complexity index is 452. The van der Waals surface area contributed by atoms with E-state index in [-0.39, 0.29) is 17.8 Å². The van der Waals surface area contributed by atoms with Gasteiger partial charge in [-0.3, -0.25) is 0 Å². The molecular weight excluding hydrogens is 270 g/mol. The minimum atomic E-state index is -3.08. The molecule has 0 aromatic carbocycles. The molecule has 1 aliphatic rings. The van der Waals surface area contributed by atoms with Crippen molar-refractivity contribution < 1.29 is 13.5 Å². The van der Waals surface area contributed by atoms with Crippen molar-refractivity contribution >= 4 is 21.4 Å². The van der Waals surface area contributed by atoms with Gasteiger partial charge in [-0.1, -0.05) is 0 Å². The van der Waals surface area contributed by atoms with Crippen LogP contribution in [-0.2, 0) is 10.0 Å². The van der Waals surface area contributed by atoms with Gasteiger partial charge in [-0.2, -0.15) is 11.3 Å². The number of hydrogen-bond donors (Lipinski definition) is 2. The predicted molar refractivity (Wildman–Crippen MR) is 73.3 cm³/mol. The fraction of sp³-hybridized carbons (Fsp3) is 0.667. The van der Waals surface area contributed by atoms with Gasteiger partial charge in [0.15, 0.2) is 0 Å². The summed E-state index contributed by atoms with van der Waals surface area (Å²) in [6.45, 7) is 0.592. The Morgan fingerprint density at radius 1 is 1.44 bits per heavy atom. The van der Waals surface area contributed by atoms with Gasteiger partial charge in [-0.05, 0) is 54.0 Å². The quantitative estimate of drug-likeness (QED) is 0.765. The molecule has 6 heteroatoms. The Balaban J connectivity index is 1.83. The Kier molecular flexibility index (Phi) is 4.77. The minimum Gasteiger partial charge on any atom is -0.396 e. The molecule has 102 valence electrons. The van der Waals surface area contributed by atoms with Gasteiger partial charge in [-0.15, -0.1) is 0 Å². The lowest BCUT2D eigenvalue weighted by atomic mass is 9.95. The van der Waals surface area contributed by atoms with Crippen molar-refractivity contribution in [1.82, 2.24) is 4.72 Å². The molecule has 0 aliphatic heterocycles. The van der Waals surface area contributed by atoms with E-state index in [1.165, 1.54) is 5.56 Å². The fourth-order valence-electron chi connectivity index (χ4n) is 2.01. The van der Waals surface area contributed by atoms with Crippen LogP contribution in [0.3, 0.4) is 0 Å². The summed E-state index contributed by atoms with van der Waals surface area (Å²) in [5.41, 5.74) is 1.19. The van der Waals surface area contributed by atoms with Crippen LogP contribution in [0.15, 0.2) is 16.8 Å². The predicted octanol–water partition coefficient (Wildman–Crippen LogP) is 1.69. The van der Waals surface area contributed by atoms with Crippen molar-refractivity contribution in [2.24, 2.45) is 0 Å². The van der Waals surface area contributed by atoms with E-state index in [0.717, 1.165) is 19.3 Å². The van der Waals surface area contributed by atoms with Crippen LogP contribution in [0.5, 0.6) is 0 Å². The molecule has 0 unspecified atom stereocenters. The number of rotatable bonds is 8. The average Bonchev–Trinajstić information content (AvgIpc) is 3.06. The molecule has 0 bridgehead atoms. The lowest BCUT2D eigenvalue weighted by Crippen LogP contribution is -2.29. The molecule has 4 nitrogen and oxygen atoms in total. The maximum Gasteiger partial charge on any atom is 0.214 e. The Morgan fingerprint density at radius 3 is 2.78 bits per heavy atom. The minimum absolute atomic E-state index is 0.135. The van der Waals surface area contributed by atoms with Crippen molar-refractivity contribution in [1.29, 1.82) is 0 Å². The second-order valence-corrected chi connectivity index (χ2v) is 7.52. The van der Waals surface area contributed by atoms with E-state index in [1.54, 1.807) is 11.3 Å². The van der Waals surface area contributed by atoms with Gasteiger partial charge >= 0.3 is 0 Å². The highest BCUT2D eigenvalue weighted by Gasteiger charge is 2.35. The third-order valence-corrected chi connectivity index (χ3v) is 5.91. The number of nitrogens with one attached hydrogen (secondary N) is 1. The van der Waals surface area contributed by atoms with Crippen LogP contribution >= 0.6 is 11.3 Å². The molecule has 18 heavy (non-hydrogen) atoms. The van der Waals surface area contributed by atoms with Gasteiger partial charge in [0.25, 0.3) is 0 Å². The average molecular weight is 289 g/mol. The molecule has 0 radical (unpaired) electrons. The van der Waals surface area contributed by atoms with Crippen molar-refractivity contribution in [3.8, 4) is 0 Å². The summed E-state index contributed by atoms with van der Waals surface area (Å²) in [5.74, 6) is 0.239. The van der Waals surface area contributed by atoms with E-state index in [9.17, 15) is 8.42 Å². The van der Waals surface area contributed by atoms with Crippen LogP contribution in [0, 0.1) is 0 Å².